The molecule has 0 aliphatic carbocycles. The van der Waals surface area contributed by atoms with Crippen LogP contribution >= 0.6 is 0 Å². The van der Waals surface area contributed by atoms with Crippen LogP contribution in [-0.2, 0) is 13.0 Å². The van der Waals surface area contributed by atoms with Crippen LogP contribution in [0.25, 0.3) is 33.6 Å². The fraction of sp³-hybridized carbons (Fsp3) is 0.0968. The van der Waals surface area contributed by atoms with Crippen molar-refractivity contribution >= 4 is 0 Å². The Hall–Kier alpha value is -4.44. The molecule has 5 rings (SSSR count). The fourth-order valence-corrected chi connectivity index (χ4v) is 4.41. The lowest BCUT2D eigenvalue weighted by atomic mass is 10.00. The number of rotatable bonds is 6. The number of aryl methyl sites for hydroxylation is 2. The minimum atomic E-state index is -0.112. The lowest BCUT2D eigenvalue weighted by molar-refractivity contribution is 0.476. The van der Waals surface area contributed by atoms with E-state index in [2.05, 4.69) is 24.3 Å². The second kappa shape index (κ2) is 9.82. The summed E-state index contributed by atoms with van der Waals surface area (Å²) < 4.78 is 1.69. The maximum Gasteiger partial charge on any atom is 0.261 e. The summed E-state index contributed by atoms with van der Waals surface area (Å²) in [6, 6.07) is 35.3. The fourth-order valence-electron chi connectivity index (χ4n) is 4.41. The molecule has 172 valence electrons. The highest BCUT2D eigenvalue weighted by atomic mass is 16.3. The lowest BCUT2D eigenvalue weighted by Crippen LogP contribution is -2.27. The SMILES string of the molecule is Cc1nc(-c2ccccc2O)n(CCc2ccccc2)c(=O)c1-c1ccc(-c2ccccc2)cc1. The third-order valence-electron chi connectivity index (χ3n) is 6.24. The van der Waals surface area contributed by atoms with Crippen LogP contribution in [0.1, 0.15) is 11.3 Å². The molecule has 0 atom stereocenters. The normalized spacial score (nSPS) is 10.9. The van der Waals surface area contributed by atoms with Gasteiger partial charge >= 0.3 is 0 Å². The van der Waals surface area contributed by atoms with Crippen LogP contribution in [-0.4, -0.2) is 14.7 Å². The topological polar surface area (TPSA) is 55.1 Å². The quantitative estimate of drug-likeness (QED) is 0.316. The van der Waals surface area contributed by atoms with Gasteiger partial charge in [0.25, 0.3) is 5.56 Å². The van der Waals surface area contributed by atoms with E-state index in [0.717, 1.165) is 22.3 Å². The molecule has 0 unspecified atom stereocenters. The molecule has 0 aliphatic heterocycles. The molecule has 4 heteroatoms. The molecule has 0 fully saturated rings. The standard InChI is InChI=1S/C31H26N2O2/c1-22-29(26-18-16-25(17-19-26)24-12-6-3-7-13-24)31(35)33(21-20-23-10-4-2-5-11-23)30(32-22)27-14-8-9-15-28(27)34/h2-19,34H,20-21H2,1H3. The van der Waals surface area contributed by atoms with Crippen molar-refractivity contribution in [3.63, 3.8) is 0 Å². The minimum absolute atomic E-state index is 0.104. The molecular weight excluding hydrogens is 432 g/mol. The number of benzene rings is 4. The van der Waals surface area contributed by atoms with Crippen LogP contribution < -0.4 is 5.56 Å². The average Bonchev–Trinajstić information content (AvgIpc) is 2.90. The Kier molecular flexibility index (Phi) is 6.27. The van der Waals surface area contributed by atoms with Gasteiger partial charge in [-0.15, -0.1) is 0 Å². The number of hydrogen-bond acceptors (Lipinski definition) is 3. The molecule has 4 aromatic carbocycles. The Balaban J connectivity index is 1.61. The summed E-state index contributed by atoms with van der Waals surface area (Å²) in [5, 5.41) is 10.5. The van der Waals surface area contributed by atoms with Gasteiger partial charge in [-0.1, -0.05) is 97.1 Å². The van der Waals surface area contributed by atoms with Gasteiger partial charge in [-0.05, 0) is 47.7 Å². The molecule has 4 nitrogen and oxygen atoms in total. The largest absolute Gasteiger partial charge is 0.507 e. The van der Waals surface area contributed by atoms with Gasteiger partial charge in [-0.2, -0.15) is 0 Å². The van der Waals surface area contributed by atoms with Gasteiger partial charge in [-0.25, -0.2) is 4.98 Å². The van der Waals surface area contributed by atoms with Crippen molar-refractivity contribution < 1.29 is 5.11 Å². The van der Waals surface area contributed by atoms with E-state index < -0.39 is 0 Å². The molecule has 1 N–H and O–H groups in total. The number of phenolic OH excluding ortho intramolecular Hbond substituents is 1. The Morgan fingerprint density at radius 2 is 1.29 bits per heavy atom. The van der Waals surface area contributed by atoms with Crippen LogP contribution in [0.5, 0.6) is 5.75 Å². The minimum Gasteiger partial charge on any atom is -0.507 e. The third-order valence-corrected chi connectivity index (χ3v) is 6.24. The van der Waals surface area contributed by atoms with Crippen LogP contribution in [0.15, 0.2) is 114 Å². The maximum atomic E-state index is 13.9. The summed E-state index contributed by atoms with van der Waals surface area (Å²) in [4.78, 5) is 18.8. The van der Waals surface area contributed by atoms with Gasteiger partial charge < -0.3 is 5.11 Å². The molecule has 35 heavy (non-hydrogen) atoms. The van der Waals surface area contributed by atoms with Crippen LogP contribution in [0.2, 0.25) is 0 Å². The zero-order valence-corrected chi connectivity index (χ0v) is 19.6. The van der Waals surface area contributed by atoms with E-state index in [1.165, 1.54) is 0 Å². The average molecular weight is 459 g/mol. The summed E-state index contributed by atoms with van der Waals surface area (Å²) in [7, 11) is 0. The summed E-state index contributed by atoms with van der Waals surface area (Å²) >= 11 is 0. The number of aromatic nitrogens is 2. The van der Waals surface area contributed by atoms with Crippen molar-refractivity contribution in [1.82, 2.24) is 9.55 Å². The highest BCUT2D eigenvalue weighted by Gasteiger charge is 2.19. The molecule has 0 radical (unpaired) electrons. The van der Waals surface area contributed by atoms with E-state index in [0.29, 0.717) is 35.6 Å². The van der Waals surface area contributed by atoms with Crippen molar-refractivity contribution in [2.75, 3.05) is 0 Å². The van der Waals surface area contributed by atoms with Crippen molar-refractivity contribution in [2.24, 2.45) is 0 Å². The first-order chi connectivity index (χ1) is 17.1. The van der Waals surface area contributed by atoms with Gasteiger partial charge in [0.15, 0.2) is 0 Å². The van der Waals surface area contributed by atoms with Crippen molar-refractivity contribution in [2.45, 2.75) is 19.9 Å². The zero-order chi connectivity index (χ0) is 24.2. The molecule has 0 saturated carbocycles. The number of para-hydroxylation sites is 1. The summed E-state index contributed by atoms with van der Waals surface area (Å²) in [6.07, 6.45) is 0.679. The van der Waals surface area contributed by atoms with Gasteiger partial charge in [0.2, 0.25) is 0 Å². The van der Waals surface area contributed by atoms with Crippen LogP contribution in [0, 0.1) is 6.92 Å². The van der Waals surface area contributed by atoms with E-state index in [1.54, 1.807) is 22.8 Å². The molecule has 1 heterocycles. The molecule has 0 saturated heterocycles. The monoisotopic (exact) mass is 458 g/mol. The zero-order valence-electron chi connectivity index (χ0n) is 19.6. The van der Waals surface area contributed by atoms with E-state index in [9.17, 15) is 9.90 Å². The molecule has 0 aliphatic rings. The molecule has 0 amide bonds. The number of nitrogens with zero attached hydrogens (tertiary/aromatic N) is 2. The highest BCUT2D eigenvalue weighted by Crippen LogP contribution is 2.30. The first kappa shape index (κ1) is 22.4. The van der Waals surface area contributed by atoms with Gasteiger partial charge in [0.05, 0.1) is 16.8 Å². The Labute approximate surface area is 204 Å². The van der Waals surface area contributed by atoms with Crippen molar-refractivity contribution in [1.29, 1.82) is 0 Å². The Bertz CT molecular complexity index is 1510. The maximum absolute atomic E-state index is 13.9. The molecule has 0 spiro atoms. The van der Waals surface area contributed by atoms with E-state index in [4.69, 9.17) is 4.98 Å². The summed E-state index contributed by atoms with van der Waals surface area (Å²) in [5.41, 5.74) is 5.84. The molecular formula is C31H26N2O2. The Morgan fingerprint density at radius 3 is 1.97 bits per heavy atom. The second-order valence-corrected chi connectivity index (χ2v) is 8.55. The van der Waals surface area contributed by atoms with Crippen LogP contribution in [0.3, 0.4) is 0 Å². The predicted molar refractivity (Wildman–Crippen MR) is 141 cm³/mol. The molecule has 0 bridgehead atoms. The number of phenols is 1. The highest BCUT2D eigenvalue weighted by molar-refractivity contribution is 5.73. The third kappa shape index (κ3) is 4.64. The van der Waals surface area contributed by atoms with Crippen molar-refractivity contribution in [3.8, 4) is 39.4 Å². The second-order valence-electron chi connectivity index (χ2n) is 8.55. The van der Waals surface area contributed by atoms with Crippen molar-refractivity contribution in [3.05, 3.63) is 131 Å². The number of hydrogen-bond donors (Lipinski definition) is 1. The summed E-state index contributed by atoms with van der Waals surface area (Å²) in [6.45, 7) is 2.31. The predicted octanol–water partition coefficient (Wildman–Crippen LogP) is 6.50. The summed E-state index contributed by atoms with van der Waals surface area (Å²) in [5.74, 6) is 0.582. The smallest absolute Gasteiger partial charge is 0.261 e. The van der Waals surface area contributed by atoms with E-state index in [1.807, 2.05) is 73.7 Å². The number of aromatic hydroxyl groups is 1. The van der Waals surface area contributed by atoms with Gasteiger partial charge in [0, 0.05) is 6.54 Å². The van der Waals surface area contributed by atoms with Crippen LogP contribution in [0.4, 0.5) is 0 Å². The van der Waals surface area contributed by atoms with E-state index in [-0.39, 0.29) is 11.3 Å². The molecule has 5 aromatic rings. The Morgan fingerprint density at radius 1 is 0.714 bits per heavy atom. The van der Waals surface area contributed by atoms with E-state index >= 15 is 0 Å². The van der Waals surface area contributed by atoms with Gasteiger partial charge in [0.1, 0.15) is 11.6 Å². The first-order valence-corrected chi connectivity index (χ1v) is 11.7. The lowest BCUT2D eigenvalue weighted by Gasteiger charge is -2.17. The molecule has 1 aromatic heterocycles. The first-order valence-electron chi connectivity index (χ1n) is 11.7. The van der Waals surface area contributed by atoms with Gasteiger partial charge in [-0.3, -0.25) is 9.36 Å².